The molecule has 0 amide bonds. The van der Waals surface area contributed by atoms with Crippen LogP contribution in [0.5, 0.6) is 0 Å². The van der Waals surface area contributed by atoms with Gasteiger partial charge in [-0.15, -0.1) is 0 Å². The minimum atomic E-state index is 0.599. The summed E-state index contributed by atoms with van der Waals surface area (Å²) in [5, 5.41) is 0. The van der Waals surface area contributed by atoms with Crippen LogP contribution in [0.3, 0.4) is 0 Å². The molecule has 3 nitrogen and oxygen atoms in total. The summed E-state index contributed by atoms with van der Waals surface area (Å²) in [5.74, 6) is 0.599. The van der Waals surface area contributed by atoms with Gasteiger partial charge in [0.15, 0.2) is 0 Å². The molecule has 0 fully saturated rings. The van der Waals surface area contributed by atoms with E-state index in [9.17, 15) is 0 Å². The summed E-state index contributed by atoms with van der Waals surface area (Å²) in [5.41, 5.74) is 12.5. The van der Waals surface area contributed by atoms with Crippen molar-refractivity contribution in [3.8, 4) is 0 Å². The van der Waals surface area contributed by atoms with E-state index in [0.717, 1.165) is 38.4 Å². The molecule has 1 aliphatic rings. The van der Waals surface area contributed by atoms with E-state index < -0.39 is 0 Å². The van der Waals surface area contributed by atoms with Gasteiger partial charge < -0.3 is 9.80 Å². The third-order valence-corrected chi connectivity index (χ3v) is 8.69. The van der Waals surface area contributed by atoms with E-state index in [1.54, 1.807) is 0 Å². The van der Waals surface area contributed by atoms with Crippen molar-refractivity contribution in [2.24, 2.45) is 10.9 Å². The maximum atomic E-state index is 5.13. The van der Waals surface area contributed by atoms with Crippen molar-refractivity contribution in [3.05, 3.63) is 107 Å². The number of unbranched alkanes of at least 4 members (excludes halogenated alkanes) is 1. The maximum Gasteiger partial charge on any atom is 0.0653 e. The second-order valence-corrected chi connectivity index (χ2v) is 11.5. The first-order valence-corrected chi connectivity index (χ1v) is 16.2. The molecule has 222 valence electrons. The summed E-state index contributed by atoms with van der Waals surface area (Å²) in [6, 6.07) is 25.0. The number of anilines is 2. The Morgan fingerprint density at radius 1 is 0.738 bits per heavy atom. The molecule has 4 rings (SSSR count). The molecule has 0 bridgehead atoms. The molecule has 0 saturated heterocycles. The van der Waals surface area contributed by atoms with E-state index >= 15 is 0 Å². The van der Waals surface area contributed by atoms with Crippen LogP contribution in [0, 0.1) is 12.8 Å². The summed E-state index contributed by atoms with van der Waals surface area (Å²) in [7, 11) is 0. The van der Waals surface area contributed by atoms with E-state index in [0.29, 0.717) is 5.92 Å². The Balaban J connectivity index is 1.88. The molecule has 1 atom stereocenters. The highest BCUT2D eigenvalue weighted by atomic mass is 15.1. The maximum absolute atomic E-state index is 5.13. The van der Waals surface area contributed by atoms with Gasteiger partial charge in [0.05, 0.1) is 5.71 Å². The SMILES string of the molecule is CCCCC(C)CN=C1C=CC(=C(c2ccc(N(CC)CC)cc2)c2ccc(N(CC)CC)cc2C)c2ccccc21. The second kappa shape index (κ2) is 15.0. The first-order chi connectivity index (χ1) is 20.4. The number of allylic oxidation sites excluding steroid dienone is 3. The molecule has 0 heterocycles. The zero-order valence-corrected chi connectivity index (χ0v) is 27.1. The van der Waals surface area contributed by atoms with E-state index in [2.05, 4.69) is 137 Å². The van der Waals surface area contributed by atoms with Crippen LogP contribution in [0.4, 0.5) is 11.4 Å². The van der Waals surface area contributed by atoms with Crippen LogP contribution in [0.25, 0.3) is 11.1 Å². The minimum absolute atomic E-state index is 0.599. The highest BCUT2D eigenvalue weighted by molar-refractivity contribution is 6.19. The van der Waals surface area contributed by atoms with Crippen molar-refractivity contribution >= 4 is 28.2 Å². The van der Waals surface area contributed by atoms with Gasteiger partial charge >= 0.3 is 0 Å². The van der Waals surface area contributed by atoms with E-state index in [-0.39, 0.29) is 0 Å². The van der Waals surface area contributed by atoms with Crippen molar-refractivity contribution in [2.45, 2.75) is 67.7 Å². The first-order valence-electron chi connectivity index (χ1n) is 16.2. The normalized spacial score (nSPS) is 15.5. The van der Waals surface area contributed by atoms with E-state index in [1.165, 1.54) is 69.6 Å². The van der Waals surface area contributed by atoms with Gasteiger partial charge in [0.25, 0.3) is 0 Å². The van der Waals surface area contributed by atoms with Crippen LogP contribution in [0.1, 0.15) is 88.6 Å². The molecule has 3 aromatic carbocycles. The fourth-order valence-electron chi connectivity index (χ4n) is 6.13. The molecule has 0 radical (unpaired) electrons. The van der Waals surface area contributed by atoms with E-state index in [1.807, 2.05) is 0 Å². The Morgan fingerprint density at radius 3 is 1.98 bits per heavy atom. The fourth-order valence-corrected chi connectivity index (χ4v) is 6.13. The third kappa shape index (κ3) is 7.06. The Morgan fingerprint density at radius 2 is 1.36 bits per heavy atom. The van der Waals surface area contributed by atoms with Crippen molar-refractivity contribution in [1.82, 2.24) is 0 Å². The van der Waals surface area contributed by atoms with Gasteiger partial charge in [-0.25, -0.2) is 0 Å². The first kappa shape index (κ1) is 31.3. The predicted molar refractivity (Wildman–Crippen MR) is 186 cm³/mol. The Bertz CT molecular complexity index is 1400. The quantitative estimate of drug-likeness (QED) is 0.207. The fraction of sp³-hybridized carbons (Fsp3) is 0.410. The summed E-state index contributed by atoms with van der Waals surface area (Å²) >= 11 is 0. The van der Waals surface area contributed by atoms with Crippen molar-refractivity contribution in [3.63, 3.8) is 0 Å². The molecule has 3 heteroatoms. The zero-order chi connectivity index (χ0) is 30.1. The molecule has 0 saturated carbocycles. The van der Waals surface area contributed by atoms with Gasteiger partial charge in [0, 0.05) is 49.7 Å². The standard InChI is InChI=1S/C39H51N3/c1-8-13-16-29(6)28-40-38-26-25-37(35-17-14-15-18-36(35)38)39(31-19-21-32(22-20-31)41(9-2)10-3)34-24-23-33(27-30(34)7)42(11-4)12-5/h14-15,17-27,29H,8-13,16,28H2,1-7H3. The third-order valence-electron chi connectivity index (χ3n) is 8.69. The molecule has 0 N–H and O–H groups in total. The minimum Gasteiger partial charge on any atom is -0.372 e. The van der Waals surface area contributed by atoms with Crippen molar-refractivity contribution in [2.75, 3.05) is 42.5 Å². The van der Waals surface area contributed by atoms with Gasteiger partial charge in [0.1, 0.15) is 0 Å². The van der Waals surface area contributed by atoms with Crippen molar-refractivity contribution in [1.29, 1.82) is 0 Å². The molecule has 1 aliphatic carbocycles. The second-order valence-electron chi connectivity index (χ2n) is 11.5. The summed E-state index contributed by atoms with van der Waals surface area (Å²) in [6.45, 7) is 20.6. The number of nitrogens with zero attached hydrogens (tertiary/aromatic N) is 3. The lowest BCUT2D eigenvalue weighted by atomic mass is 9.82. The smallest absolute Gasteiger partial charge is 0.0653 e. The van der Waals surface area contributed by atoms with Crippen molar-refractivity contribution < 1.29 is 0 Å². The Hall–Kier alpha value is -3.59. The zero-order valence-electron chi connectivity index (χ0n) is 27.1. The molecule has 0 spiro atoms. The number of hydrogen-bond acceptors (Lipinski definition) is 3. The molecule has 0 aliphatic heterocycles. The van der Waals surface area contributed by atoms with Gasteiger partial charge in [-0.2, -0.15) is 0 Å². The Kier molecular flexibility index (Phi) is 11.2. The van der Waals surface area contributed by atoms with Gasteiger partial charge in [-0.05, 0) is 111 Å². The summed E-state index contributed by atoms with van der Waals surface area (Å²) in [6.07, 6.45) is 8.30. The topological polar surface area (TPSA) is 18.8 Å². The largest absolute Gasteiger partial charge is 0.372 e. The Labute approximate surface area is 255 Å². The number of benzene rings is 3. The van der Waals surface area contributed by atoms with E-state index in [4.69, 9.17) is 4.99 Å². The molecule has 1 unspecified atom stereocenters. The number of hydrogen-bond donors (Lipinski definition) is 0. The molecular weight excluding hydrogens is 510 g/mol. The lowest BCUT2D eigenvalue weighted by Crippen LogP contribution is -2.22. The predicted octanol–water partition coefficient (Wildman–Crippen LogP) is 9.83. The molecular formula is C39H51N3. The summed E-state index contributed by atoms with van der Waals surface area (Å²) in [4.78, 5) is 9.95. The van der Waals surface area contributed by atoms with Crippen LogP contribution >= 0.6 is 0 Å². The van der Waals surface area contributed by atoms with Crippen LogP contribution in [-0.4, -0.2) is 38.4 Å². The number of fused-ring (bicyclic) bond motifs is 1. The molecule has 3 aromatic rings. The molecule has 42 heavy (non-hydrogen) atoms. The van der Waals surface area contributed by atoms with Crippen LogP contribution in [-0.2, 0) is 0 Å². The van der Waals surface area contributed by atoms with Gasteiger partial charge in [-0.3, -0.25) is 4.99 Å². The molecule has 0 aromatic heterocycles. The monoisotopic (exact) mass is 561 g/mol. The van der Waals surface area contributed by atoms with Crippen LogP contribution in [0.2, 0.25) is 0 Å². The van der Waals surface area contributed by atoms with Crippen LogP contribution in [0.15, 0.2) is 83.9 Å². The van der Waals surface area contributed by atoms with Gasteiger partial charge in [0.2, 0.25) is 0 Å². The van der Waals surface area contributed by atoms with Crippen LogP contribution < -0.4 is 9.80 Å². The number of aliphatic imine (C=N–C) groups is 1. The van der Waals surface area contributed by atoms with Gasteiger partial charge in [-0.1, -0.05) is 75.2 Å². The highest BCUT2D eigenvalue weighted by Crippen LogP contribution is 2.39. The highest BCUT2D eigenvalue weighted by Gasteiger charge is 2.21. The number of rotatable bonds is 13. The lowest BCUT2D eigenvalue weighted by molar-refractivity contribution is 0.517. The number of aryl methyl sites for hydroxylation is 1. The lowest BCUT2D eigenvalue weighted by Gasteiger charge is -2.25. The summed E-state index contributed by atoms with van der Waals surface area (Å²) < 4.78 is 0. The average Bonchev–Trinajstić information content (AvgIpc) is 3.02. The average molecular weight is 562 g/mol.